The molecule has 4 nitrogen and oxygen atoms in total. The molecule has 0 saturated heterocycles. The van der Waals surface area contributed by atoms with Gasteiger partial charge < -0.3 is 4.90 Å². The average molecular weight is 361 g/mol. The predicted molar refractivity (Wildman–Crippen MR) is 97.2 cm³/mol. The van der Waals surface area contributed by atoms with Crippen molar-refractivity contribution in [2.24, 2.45) is 0 Å². The van der Waals surface area contributed by atoms with E-state index >= 15 is 0 Å². The van der Waals surface area contributed by atoms with Crippen LogP contribution in [-0.2, 0) is 16.4 Å². The number of hydrogen-bond acceptors (Lipinski definition) is 3. The Hall–Kier alpha value is -1.82. The molecule has 0 N–H and O–H groups in total. The van der Waals surface area contributed by atoms with Gasteiger partial charge in [0.15, 0.2) is 0 Å². The lowest BCUT2D eigenvalue weighted by atomic mass is 10.0. The summed E-state index contributed by atoms with van der Waals surface area (Å²) in [7, 11) is 0.425. The fraction of sp³-hybridized carbons (Fsp3) is 0.222. The smallest absolute Gasteiger partial charge is 0.268 e. The van der Waals surface area contributed by atoms with Crippen molar-refractivity contribution in [2.75, 3.05) is 20.6 Å². The molecule has 0 bridgehead atoms. The fourth-order valence-electron chi connectivity index (χ4n) is 3.31. The van der Waals surface area contributed by atoms with E-state index in [1.165, 1.54) is 3.97 Å². The quantitative estimate of drug-likeness (QED) is 0.560. The second-order valence-corrected chi connectivity index (χ2v) is 8.57. The molecule has 4 rings (SSSR count). The zero-order valence-corrected chi connectivity index (χ0v) is 15.0. The van der Waals surface area contributed by atoms with Gasteiger partial charge in [0, 0.05) is 34.3 Å². The summed E-state index contributed by atoms with van der Waals surface area (Å²) >= 11 is 6.11. The third-order valence-electron chi connectivity index (χ3n) is 4.47. The molecule has 1 aliphatic rings. The van der Waals surface area contributed by atoms with Gasteiger partial charge >= 0.3 is 0 Å². The minimum atomic E-state index is -3.60. The van der Waals surface area contributed by atoms with Gasteiger partial charge in [0.2, 0.25) is 0 Å². The normalized spacial score (nSPS) is 15.0. The second kappa shape index (κ2) is 5.34. The van der Waals surface area contributed by atoms with Crippen LogP contribution in [0.2, 0.25) is 5.02 Å². The lowest BCUT2D eigenvalue weighted by molar-refractivity contribution is 0.414. The molecule has 124 valence electrons. The first-order valence-electron chi connectivity index (χ1n) is 7.73. The van der Waals surface area contributed by atoms with Gasteiger partial charge in [0.05, 0.1) is 10.4 Å². The van der Waals surface area contributed by atoms with E-state index < -0.39 is 10.0 Å². The van der Waals surface area contributed by atoms with E-state index in [2.05, 4.69) is 4.90 Å². The Labute approximate surface area is 146 Å². The van der Waals surface area contributed by atoms with Crippen molar-refractivity contribution >= 4 is 32.5 Å². The van der Waals surface area contributed by atoms with Gasteiger partial charge in [0.1, 0.15) is 0 Å². The Balaban J connectivity index is 2.05. The zero-order valence-electron chi connectivity index (χ0n) is 13.5. The van der Waals surface area contributed by atoms with Crippen LogP contribution in [0.3, 0.4) is 0 Å². The van der Waals surface area contributed by atoms with E-state index in [0.717, 1.165) is 35.0 Å². The molecule has 2 heterocycles. The van der Waals surface area contributed by atoms with Crippen LogP contribution in [0.4, 0.5) is 0 Å². The third-order valence-corrected chi connectivity index (χ3v) is 6.43. The van der Waals surface area contributed by atoms with Gasteiger partial charge in [-0.3, -0.25) is 0 Å². The predicted octanol–water partition coefficient (Wildman–Crippen LogP) is 3.62. The number of halogens is 1. The summed E-state index contributed by atoms with van der Waals surface area (Å²) in [6.07, 6.45) is 2.57. The molecular formula is C18H17ClN2O2S. The van der Waals surface area contributed by atoms with Crippen LogP contribution >= 0.6 is 11.6 Å². The summed E-state index contributed by atoms with van der Waals surface area (Å²) in [6, 6.07) is 10.9. The van der Waals surface area contributed by atoms with E-state index in [-0.39, 0.29) is 0 Å². The van der Waals surface area contributed by atoms with Crippen molar-refractivity contribution < 1.29 is 8.42 Å². The Kier molecular flexibility index (Phi) is 3.49. The SMILES string of the molecule is CN(C)CCc1cn2c3c(cccc13)-c1cc(Cl)ccc1S2(=O)=O. The van der Waals surface area contributed by atoms with E-state index in [1.54, 1.807) is 24.4 Å². The highest BCUT2D eigenvalue weighted by atomic mass is 35.5. The van der Waals surface area contributed by atoms with Crippen molar-refractivity contribution in [1.29, 1.82) is 0 Å². The maximum absolute atomic E-state index is 13.1. The molecule has 0 unspecified atom stereocenters. The van der Waals surface area contributed by atoms with Crippen LogP contribution in [0, 0.1) is 0 Å². The Morgan fingerprint density at radius 2 is 1.92 bits per heavy atom. The van der Waals surface area contributed by atoms with Crippen LogP contribution in [-0.4, -0.2) is 37.9 Å². The third kappa shape index (κ3) is 2.19. The first kappa shape index (κ1) is 15.7. The van der Waals surface area contributed by atoms with Crippen LogP contribution in [0.1, 0.15) is 5.56 Å². The lowest BCUT2D eigenvalue weighted by Gasteiger charge is -2.20. The van der Waals surface area contributed by atoms with E-state index in [9.17, 15) is 8.42 Å². The molecule has 0 fully saturated rings. The maximum Gasteiger partial charge on any atom is 0.268 e. The van der Waals surface area contributed by atoms with E-state index in [0.29, 0.717) is 15.5 Å². The fourth-order valence-corrected chi connectivity index (χ4v) is 5.08. The summed E-state index contributed by atoms with van der Waals surface area (Å²) in [5.74, 6) is 0. The maximum atomic E-state index is 13.1. The van der Waals surface area contributed by atoms with Crippen LogP contribution in [0.5, 0.6) is 0 Å². The van der Waals surface area contributed by atoms with Gasteiger partial charge in [-0.15, -0.1) is 0 Å². The molecule has 0 saturated carbocycles. The van der Waals surface area contributed by atoms with E-state index in [4.69, 9.17) is 11.6 Å². The molecule has 3 aromatic rings. The van der Waals surface area contributed by atoms with Crippen molar-refractivity contribution in [1.82, 2.24) is 8.87 Å². The van der Waals surface area contributed by atoms with Gasteiger partial charge in [-0.1, -0.05) is 29.8 Å². The summed E-state index contributed by atoms with van der Waals surface area (Å²) in [5.41, 5.74) is 3.39. The van der Waals surface area contributed by atoms with Gasteiger partial charge in [0.25, 0.3) is 10.0 Å². The highest BCUT2D eigenvalue weighted by Crippen LogP contribution is 2.42. The number of para-hydroxylation sites is 1. The van der Waals surface area contributed by atoms with Crippen LogP contribution in [0.15, 0.2) is 47.5 Å². The lowest BCUT2D eigenvalue weighted by Crippen LogP contribution is -2.17. The number of fused-ring (bicyclic) bond motifs is 2. The average Bonchev–Trinajstić information content (AvgIpc) is 2.91. The number of nitrogens with zero attached hydrogens (tertiary/aromatic N) is 2. The highest BCUT2D eigenvalue weighted by Gasteiger charge is 2.31. The molecule has 0 spiro atoms. The minimum absolute atomic E-state index is 0.307. The van der Waals surface area contributed by atoms with Gasteiger partial charge in [-0.25, -0.2) is 12.4 Å². The molecular weight excluding hydrogens is 344 g/mol. The summed E-state index contributed by atoms with van der Waals surface area (Å²) < 4.78 is 27.5. The summed E-state index contributed by atoms with van der Waals surface area (Å²) in [5, 5.41) is 1.53. The van der Waals surface area contributed by atoms with Crippen molar-refractivity contribution in [3.63, 3.8) is 0 Å². The number of likely N-dealkylation sites (N-methyl/N-ethyl adjacent to an activating group) is 1. The molecule has 0 amide bonds. The minimum Gasteiger partial charge on any atom is -0.309 e. The molecule has 6 heteroatoms. The topological polar surface area (TPSA) is 42.3 Å². The van der Waals surface area contributed by atoms with Gasteiger partial charge in [-0.2, -0.15) is 0 Å². The Morgan fingerprint density at radius 1 is 1.12 bits per heavy atom. The Morgan fingerprint density at radius 3 is 2.67 bits per heavy atom. The van der Waals surface area contributed by atoms with Crippen LogP contribution in [0.25, 0.3) is 22.0 Å². The first-order chi connectivity index (χ1) is 11.4. The molecule has 1 aliphatic heterocycles. The molecule has 2 aromatic carbocycles. The number of benzene rings is 2. The molecule has 0 radical (unpaired) electrons. The number of rotatable bonds is 3. The van der Waals surface area contributed by atoms with Crippen LogP contribution < -0.4 is 0 Å². The van der Waals surface area contributed by atoms with Crippen molar-refractivity contribution in [3.05, 3.63) is 53.2 Å². The Bertz CT molecular complexity index is 1070. The number of hydrogen-bond donors (Lipinski definition) is 0. The molecule has 1 aromatic heterocycles. The zero-order chi connectivity index (χ0) is 17.1. The van der Waals surface area contributed by atoms with E-state index in [1.807, 2.05) is 32.3 Å². The van der Waals surface area contributed by atoms with Crippen molar-refractivity contribution in [3.8, 4) is 11.1 Å². The molecule has 24 heavy (non-hydrogen) atoms. The second-order valence-electron chi connectivity index (χ2n) is 6.35. The van der Waals surface area contributed by atoms with Gasteiger partial charge in [-0.05, 0) is 44.3 Å². The van der Waals surface area contributed by atoms with Crippen molar-refractivity contribution in [2.45, 2.75) is 11.3 Å². The monoisotopic (exact) mass is 360 g/mol. The first-order valence-corrected chi connectivity index (χ1v) is 9.54. The molecule has 0 atom stereocenters. The highest BCUT2D eigenvalue weighted by molar-refractivity contribution is 7.90. The number of aromatic nitrogens is 1. The largest absolute Gasteiger partial charge is 0.309 e. The molecule has 0 aliphatic carbocycles. The standard InChI is InChI=1S/C18H17ClN2O2S/c1-20(2)9-8-12-11-21-18-14(12)4-3-5-15(18)16-10-13(19)6-7-17(16)24(21,22)23/h3-7,10-11H,8-9H2,1-2H3. The summed E-state index contributed by atoms with van der Waals surface area (Å²) in [4.78, 5) is 2.40. The summed E-state index contributed by atoms with van der Waals surface area (Å²) in [6.45, 7) is 0.863.